The van der Waals surface area contributed by atoms with E-state index >= 15 is 0 Å². The maximum atomic E-state index is 12.4. The number of carbonyl (C=O) groups excluding carboxylic acids is 1. The molecule has 0 aliphatic carbocycles. The summed E-state index contributed by atoms with van der Waals surface area (Å²) in [4.78, 5) is 14.4. The molecule has 0 spiro atoms. The smallest absolute Gasteiger partial charge is 0.254 e. The highest BCUT2D eigenvalue weighted by atomic mass is 16.2. The Morgan fingerprint density at radius 1 is 1.47 bits per heavy atom. The van der Waals surface area contributed by atoms with E-state index in [0.29, 0.717) is 5.92 Å². The second kappa shape index (κ2) is 6.09. The molecule has 0 saturated carbocycles. The molecule has 1 saturated heterocycles. The van der Waals surface area contributed by atoms with Crippen molar-refractivity contribution in [1.29, 1.82) is 0 Å². The van der Waals surface area contributed by atoms with Crippen LogP contribution in [0.25, 0.3) is 0 Å². The van der Waals surface area contributed by atoms with E-state index in [1.165, 1.54) is 0 Å². The highest BCUT2D eigenvalue weighted by molar-refractivity contribution is 5.96. The van der Waals surface area contributed by atoms with E-state index in [9.17, 15) is 4.79 Å². The average molecular weight is 260 g/mol. The summed E-state index contributed by atoms with van der Waals surface area (Å²) in [7, 11) is 0. The van der Waals surface area contributed by atoms with Gasteiger partial charge in [0.2, 0.25) is 0 Å². The quantitative estimate of drug-likeness (QED) is 0.901. The number of carbonyl (C=O) groups is 1. The van der Waals surface area contributed by atoms with Gasteiger partial charge in [-0.2, -0.15) is 0 Å². The number of amides is 1. The fourth-order valence-corrected chi connectivity index (χ4v) is 2.57. The minimum atomic E-state index is 0.184. The first-order valence-electron chi connectivity index (χ1n) is 7.25. The van der Waals surface area contributed by atoms with E-state index in [1.807, 2.05) is 24.0 Å². The Bertz CT molecular complexity index is 456. The minimum absolute atomic E-state index is 0.184. The molecule has 2 rings (SSSR count). The summed E-state index contributed by atoms with van der Waals surface area (Å²) in [6, 6.07) is 6.04. The molecular formula is C16H24N2O. The van der Waals surface area contributed by atoms with E-state index < -0.39 is 0 Å². The van der Waals surface area contributed by atoms with Gasteiger partial charge in [-0.15, -0.1) is 0 Å². The fraction of sp³-hybridized carbons (Fsp3) is 0.562. The lowest BCUT2D eigenvalue weighted by molar-refractivity contribution is 0.0787. The van der Waals surface area contributed by atoms with Crippen LogP contribution in [-0.4, -0.2) is 30.4 Å². The molecule has 1 aliphatic heterocycles. The van der Waals surface area contributed by atoms with Crippen LogP contribution in [-0.2, 0) is 0 Å². The van der Waals surface area contributed by atoms with Gasteiger partial charge in [0.15, 0.2) is 0 Å². The Morgan fingerprint density at radius 2 is 2.26 bits per heavy atom. The van der Waals surface area contributed by atoms with Crippen molar-refractivity contribution in [3.63, 3.8) is 0 Å². The number of rotatable bonds is 4. The molecule has 0 aromatic heterocycles. The maximum absolute atomic E-state index is 12.4. The molecule has 1 heterocycles. The van der Waals surface area contributed by atoms with Crippen LogP contribution < -0.4 is 5.32 Å². The van der Waals surface area contributed by atoms with Gasteiger partial charge in [-0.3, -0.25) is 4.79 Å². The van der Waals surface area contributed by atoms with Crippen molar-refractivity contribution in [3.05, 3.63) is 29.3 Å². The number of hydrogen-bond acceptors (Lipinski definition) is 2. The predicted molar refractivity (Wildman–Crippen MR) is 79.6 cm³/mol. The molecule has 1 amide bonds. The number of anilines is 1. The third kappa shape index (κ3) is 3.28. The van der Waals surface area contributed by atoms with Crippen molar-refractivity contribution in [1.82, 2.24) is 4.90 Å². The van der Waals surface area contributed by atoms with Crippen LogP contribution >= 0.6 is 0 Å². The maximum Gasteiger partial charge on any atom is 0.254 e. The van der Waals surface area contributed by atoms with E-state index in [0.717, 1.165) is 49.3 Å². The number of benzene rings is 1. The largest absolute Gasteiger partial charge is 0.385 e. The van der Waals surface area contributed by atoms with Gasteiger partial charge in [0.25, 0.3) is 5.91 Å². The molecule has 1 fully saturated rings. The van der Waals surface area contributed by atoms with Crippen LogP contribution in [0.3, 0.4) is 0 Å². The first-order valence-corrected chi connectivity index (χ1v) is 7.25. The molecule has 104 valence electrons. The molecule has 19 heavy (non-hydrogen) atoms. The zero-order valence-electron chi connectivity index (χ0n) is 12.2. The standard InChI is InChI=1S/C16H24N2O/c1-4-8-17-14-5-6-15(13(3)10-14)16(19)18-9-7-12(2)11-18/h5-6,10,12,17H,4,7-9,11H2,1-3H3. The molecule has 3 heteroatoms. The van der Waals surface area contributed by atoms with E-state index in [4.69, 9.17) is 0 Å². The highest BCUT2D eigenvalue weighted by Gasteiger charge is 2.24. The molecule has 1 aliphatic rings. The van der Waals surface area contributed by atoms with Crippen molar-refractivity contribution < 1.29 is 4.79 Å². The number of likely N-dealkylation sites (tertiary alicyclic amines) is 1. The van der Waals surface area contributed by atoms with Gasteiger partial charge in [0.05, 0.1) is 0 Å². The first-order chi connectivity index (χ1) is 9.11. The second-order valence-electron chi connectivity index (χ2n) is 5.60. The number of nitrogens with one attached hydrogen (secondary N) is 1. The Morgan fingerprint density at radius 3 is 2.84 bits per heavy atom. The Hall–Kier alpha value is -1.51. The predicted octanol–water partition coefficient (Wildman–Crippen LogP) is 3.30. The van der Waals surface area contributed by atoms with Gasteiger partial charge in [0, 0.05) is 30.9 Å². The van der Waals surface area contributed by atoms with Crippen LogP contribution in [0.5, 0.6) is 0 Å². The summed E-state index contributed by atoms with van der Waals surface area (Å²) in [5.74, 6) is 0.818. The van der Waals surface area contributed by atoms with Gasteiger partial charge < -0.3 is 10.2 Å². The Balaban J connectivity index is 2.10. The molecule has 1 unspecified atom stereocenters. The Labute approximate surface area is 116 Å². The second-order valence-corrected chi connectivity index (χ2v) is 5.60. The van der Waals surface area contributed by atoms with Crippen molar-refractivity contribution in [3.8, 4) is 0 Å². The normalized spacial score (nSPS) is 18.7. The number of nitrogens with zero attached hydrogens (tertiary/aromatic N) is 1. The van der Waals surface area contributed by atoms with Crippen molar-refractivity contribution in [2.75, 3.05) is 25.0 Å². The van der Waals surface area contributed by atoms with Gasteiger partial charge in [0.1, 0.15) is 0 Å². The van der Waals surface area contributed by atoms with Gasteiger partial charge in [-0.1, -0.05) is 13.8 Å². The van der Waals surface area contributed by atoms with Crippen molar-refractivity contribution >= 4 is 11.6 Å². The molecule has 1 atom stereocenters. The fourth-order valence-electron chi connectivity index (χ4n) is 2.57. The lowest BCUT2D eigenvalue weighted by Crippen LogP contribution is -2.29. The highest BCUT2D eigenvalue weighted by Crippen LogP contribution is 2.21. The van der Waals surface area contributed by atoms with Crippen LogP contribution in [0.2, 0.25) is 0 Å². The minimum Gasteiger partial charge on any atom is -0.385 e. The monoisotopic (exact) mass is 260 g/mol. The SMILES string of the molecule is CCCNc1ccc(C(=O)N2CCC(C)C2)c(C)c1. The van der Waals surface area contributed by atoms with Crippen molar-refractivity contribution in [2.45, 2.75) is 33.6 Å². The summed E-state index contributed by atoms with van der Waals surface area (Å²) < 4.78 is 0. The van der Waals surface area contributed by atoms with Crippen LogP contribution in [0.15, 0.2) is 18.2 Å². The zero-order valence-corrected chi connectivity index (χ0v) is 12.2. The van der Waals surface area contributed by atoms with Gasteiger partial charge in [-0.05, 0) is 49.4 Å². The number of aryl methyl sites for hydroxylation is 1. The van der Waals surface area contributed by atoms with E-state index in [-0.39, 0.29) is 5.91 Å². The van der Waals surface area contributed by atoms with E-state index in [1.54, 1.807) is 0 Å². The lowest BCUT2D eigenvalue weighted by atomic mass is 10.1. The summed E-state index contributed by atoms with van der Waals surface area (Å²) in [5, 5.41) is 3.35. The molecule has 1 aromatic rings. The summed E-state index contributed by atoms with van der Waals surface area (Å²) in [5.41, 5.74) is 3.01. The molecule has 1 N–H and O–H groups in total. The topological polar surface area (TPSA) is 32.3 Å². The first kappa shape index (κ1) is 13.9. The summed E-state index contributed by atoms with van der Waals surface area (Å²) in [6.45, 7) is 9.13. The zero-order chi connectivity index (χ0) is 13.8. The lowest BCUT2D eigenvalue weighted by Gasteiger charge is -2.18. The average Bonchev–Trinajstić information content (AvgIpc) is 2.82. The number of hydrogen-bond donors (Lipinski definition) is 1. The van der Waals surface area contributed by atoms with Crippen LogP contribution in [0, 0.1) is 12.8 Å². The van der Waals surface area contributed by atoms with Gasteiger partial charge in [-0.25, -0.2) is 0 Å². The van der Waals surface area contributed by atoms with Crippen molar-refractivity contribution in [2.24, 2.45) is 5.92 Å². The summed E-state index contributed by atoms with van der Waals surface area (Å²) >= 11 is 0. The molecule has 1 aromatic carbocycles. The summed E-state index contributed by atoms with van der Waals surface area (Å²) in [6.07, 6.45) is 2.23. The molecule has 0 radical (unpaired) electrons. The Kier molecular flexibility index (Phi) is 4.46. The van der Waals surface area contributed by atoms with Crippen LogP contribution in [0.1, 0.15) is 42.6 Å². The third-order valence-electron chi connectivity index (χ3n) is 3.75. The molecule has 0 bridgehead atoms. The van der Waals surface area contributed by atoms with Crippen LogP contribution in [0.4, 0.5) is 5.69 Å². The third-order valence-corrected chi connectivity index (χ3v) is 3.75. The molecular weight excluding hydrogens is 236 g/mol. The van der Waals surface area contributed by atoms with Gasteiger partial charge >= 0.3 is 0 Å². The molecule has 3 nitrogen and oxygen atoms in total. The van der Waals surface area contributed by atoms with E-state index in [2.05, 4.69) is 25.2 Å².